The Hall–Kier alpha value is -1.03. The molecule has 1 aliphatic rings. The number of phenols is 1. The molecule has 1 fully saturated rings. The van der Waals surface area contributed by atoms with Crippen LogP contribution in [0.2, 0.25) is 0 Å². The zero-order chi connectivity index (χ0) is 11.6. The average molecular weight is 240 g/mol. The molecule has 1 heterocycles. The standard InChI is InChI=1S/C12H16O3S/c13-12-6-2-1-5-11(12)8-10-4-3-7-16(14,15)9-10/h1-2,5-6,10,13H,3-4,7-9H2. The van der Waals surface area contributed by atoms with Crippen LogP contribution in [0.15, 0.2) is 24.3 Å². The van der Waals surface area contributed by atoms with E-state index in [2.05, 4.69) is 0 Å². The molecule has 0 aromatic heterocycles. The first-order chi connectivity index (χ1) is 7.57. The van der Waals surface area contributed by atoms with Crippen molar-refractivity contribution in [2.75, 3.05) is 11.5 Å². The third-order valence-corrected chi connectivity index (χ3v) is 4.95. The minimum Gasteiger partial charge on any atom is -0.508 e. The summed E-state index contributed by atoms with van der Waals surface area (Å²) in [7, 11) is -2.85. The lowest BCUT2D eigenvalue weighted by Gasteiger charge is -2.22. The monoisotopic (exact) mass is 240 g/mol. The summed E-state index contributed by atoms with van der Waals surface area (Å²) in [4.78, 5) is 0. The second kappa shape index (κ2) is 4.45. The molecule has 1 aromatic rings. The van der Waals surface area contributed by atoms with Gasteiger partial charge in [0.2, 0.25) is 0 Å². The number of sulfone groups is 1. The second-order valence-corrected chi connectivity index (χ2v) is 6.68. The maximum absolute atomic E-state index is 11.5. The molecule has 1 saturated heterocycles. The van der Waals surface area contributed by atoms with Gasteiger partial charge in [0.1, 0.15) is 5.75 Å². The second-order valence-electron chi connectivity index (χ2n) is 4.46. The van der Waals surface area contributed by atoms with E-state index in [1.807, 2.05) is 12.1 Å². The van der Waals surface area contributed by atoms with E-state index < -0.39 is 9.84 Å². The van der Waals surface area contributed by atoms with E-state index in [1.54, 1.807) is 12.1 Å². The first kappa shape index (κ1) is 11.5. The van der Waals surface area contributed by atoms with Gasteiger partial charge in [-0.15, -0.1) is 0 Å². The van der Waals surface area contributed by atoms with Gasteiger partial charge in [-0.2, -0.15) is 0 Å². The van der Waals surface area contributed by atoms with Gasteiger partial charge in [0, 0.05) is 0 Å². The molecule has 88 valence electrons. The summed E-state index contributed by atoms with van der Waals surface area (Å²) < 4.78 is 22.9. The van der Waals surface area contributed by atoms with E-state index in [4.69, 9.17) is 0 Å². The first-order valence-electron chi connectivity index (χ1n) is 5.54. The molecule has 1 aliphatic heterocycles. The minimum atomic E-state index is -2.85. The summed E-state index contributed by atoms with van der Waals surface area (Å²) in [5.41, 5.74) is 0.851. The Morgan fingerprint density at radius 1 is 1.31 bits per heavy atom. The number of rotatable bonds is 2. The van der Waals surface area contributed by atoms with Crippen LogP contribution in [0.4, 0.5) is 0 Å². The Bertz CT molecular complexity index is 465. The summed E-state index contributed by atoms with van der Waals surface area (Å²) in [5, 5.41) is 9.62. The number of hydrogen-bond donors (Lipinski definition) is 1. The average Bonchev–Trinajstić information content (AvgIpc) is 2.20. The van der Waals surface area contributed by atoms with Crippen LogP contribution in [0.5, 0.6) is 5.75 Å². The molecular formula is C12H16O3S. The Morgan fingerprint density at radius 3 is 2.75 bits per heavy atom. The van der Waals surface area contributed by atoms with Gasteiger partial charge in [0.05, 0.1) is 11.5 Å². The summed E-state index contributed by atoms with van der Waals surface area (Å²) in [5.74, 6) is 1.02. The van der Waals surface area contributed by atoms with E-state index >= 15 is 0 Å². The van der Waals surface area contributed by atoms with Gasteiger partial charge in [0.15, 0.2) is 9.84 Å². The number of benzene rings is 1. The van der Waals surface area contributed by atoms with Crippen LogP contribution in [0.25, 0.3) is 0 Å². The molecule has 0 spiro atoms. The van der Waals surface area contributed by atoms with Crippen molar-refractivity contribution < 1.29 is 13.5 Å². The third kappa shape index (κ3) is 2.76. The van der Waals surface area contributed by atoms with E-state index in [-0.39, 0.29) is 17.4 Å². The zero-order valence-electron chi connectivity index (χ0n) is 9.09. The van der Waals surface area contributed by atoms with Crippen LogP contribution in [-0.2, 0) is 16.3 Å². The molecule has 1 aromatic carbocycles. The number of para-hydroxylation sites is 1. The molecule has 0 radical (unpaired) electrons. The Balaban J connectivity index is 2.08. The molecule has 16 heavy (non-hydrogen) atoms. The fourth-order valence-corrected chi connectivity index (χ4v) is 4.05. The fourth-order valence-electron chi connectivity index (χ4n) is 2.27. The molecule has 0 aliphatic carbocycles. The lowest BCUT2D eigenvalue weighted by Crippen LogP contribution is -2.26. The van der Waals surface area contributed by atoms with Crippen molar-refractivity contribution in [1.82, 2.24) is 0 Å². The summed E-state index contributed by atoms with van der Waals surface area (Å²) in [6.07, 6.45) is 2.35. The van der Waals surface area contributed by atoms with Crippen molar-refractivity contribution in [3.63, 3.8) is 0 Å². The number of phenolic OH excluding ortho intramolecular Hbond substituents is 1. The van der Waals surface area contributed by atoms with Gasteiger partial charge in [-0.1, -0.05) is 18.2 Å². The molecule has 1 unspecified atom stereocenters. The zero-order valence-corrected chi connectivity index (χ0v) is 9.91. The highest BCUT2D eigenvalue weighted by molar-refractivity contribution is 7.91. The predicted octanol–water partition coefficient (Wildman–Crippen LogP) is 1.76. The van der Waals surface area contributed by atoms with Crippen LogP contribution >= 0.6 is 0 Å². The first-order valence-corrected chi connectivity index (χ1v) is 7.36. The van der Waals surface area contributed by atoms with Gasteiger partial charge in [0.25, 0.3) is 0 Å². The number of hydrogen-bond acceptors (Lipinski definition) is 3. The van der Waals surface area contributed by atoms with E-state index in [1.165, 1.54) is 0 Å². The third-order valence-electron chi connectivity index (χ3n) is 3.06. The van der Waals surface area contributed by atoms with Crippen LogP contribution in [0.3, 0.4) is 0 Å². The molecule has 1 N–H and O–H groups in total. The molecule has 4 heteroatoms. The summed E-state index contributed by atoms with van der Waals surface area (Å²) in [6, 6.07) is 7.14. The van der Waals surface area contributed by atoms with Crippen molar-refractivity contribution in [1.29, 1.82) is 0 Å². The van der Waals surface area contributed by atoms with Crippen molar-refractivity contribution in [2.24, 2.45) is 5.92 Å². The van der Waals surface area contributed by atoms with Crippen LogP contribution in [0, 0.1) is 5.92 Å². The van der Waals surface area contributed by atoms with E-state index in [0.717, 1.165) is 18.4 Å². The summed E-state index contributed by atoms with van der Waals surface area (Å²) in [6.45, 7) is 0. The topological polar surface area (TPSA) is 54.4 Å². The Kier molecular flexibility index (Phi) is 3.19. The lowest BCUT2D eigenvalue weighted by atomic mass is 9.96. The molecule has 1 atom stereocenters. The van der Waals surface area contributed by atoms with Gasteiger partial charge >= 0.3 is 0 Å². The highest BCUT2D eigenvalue weighted by atomic mass is 32.2. The van der Waals surface area contributed by atoms with E-state index in [0.29, 0.717) is 12.2 Å². The normalized spacial score (nSPS) is 24.1. The minimum absolute atomic E-state index is 0.159. The quantitative estimate of drug-likeness (QED) is 0.857. The molecule has 0 saturated carbocycles. The SMILES string of the molecule is O=S1(=O)CCCC(Cc2ccccc2O)C1. The van der Waals surface area contributed by atoms with E-state index in [9.17, 15) is 13.5 Å². The lowest BCUT2D eigenvalue weighted by molar-refractivity contribution is 0.446. The Morgan fingerprint density at radius 2 is 2.06 bits per heavy atom. The van der Waals surface area contributed by atoms with Gasteiger partial charge < -0.3 is 5.11 Å². The maximum Gasteiger partial charge on any atom is 0.150 e. The van der Waals surface area contributed by atoms with Gasteiger partial charge in [-0.3, -0.25) is 0 Å². The van der Waals surface area contributed by atoms with Crippen LogP contribution in [-0.4, -0.2) is 25.0 Å². The molecule has 0 amide bonds. The van der Waals surface area contributed by atoms with Crippen LogP contribution < -0.4 is 0 Å². The molecule has 3 nitrogen and oxygen atoms in total. The predicted molar refractivity (Wildman–Crippen MR) is 63.2 cm³/mol. The molecule has 0 bridgehead atoms. The Labute approximate surface area is 96.0 Å². The van der Waals surface area contributed by atoms with Crippen molar-refractivity contribution in [2.45, 2.75) is 19.3 Å². The highest BCUT2D eigenvalue weighted by Gasteiger charge is 2.25. The van der Waals surface area contributed by atoms with Gasteiger partial charge in [-0.05, 0) is 36.8 Å². The fraction of sp³-hybridized carbons (Fsp3) is 0.500. The van der Waals surface area contributed by atoms with Crippen molar-refractivity contribution in [3.05, 3.63) is 29.8 Å². The summed E-state index contributed by atoms with van der Waals surface area (Å²) >= 11 is 0. The van der Waals surface area contributed by atoms with Crippen LogP contribution in [0.1, 0.15) is 18.4 Å². The smallest absolute Gasteiger partial charge is 0.150 e. The largest absolute Gasteiger partial charge is 0.508 e. The highest BCUT2D eigenvalue weighted by Crippen LogP contribution is 2.26. The van der Waals surface area contributed by atoms with Gasteiger partial charge in [-0.25, -0.2) is 8.42 Å². The number of aromatic hydroxyl groups is 1. The maximum atomic E-state index is 11.5. The molecule has 2 rings (SSSR count). The van der Waals surface area contributed by atoms with Crippen molar-refractivity contribution >= 4 is 9.84 Å². The molecular weight excluding hydrogens is 224 g/mol. The van der Waals surface area contributed by atoms with Crippen molar-refractivity contribution in [3.8, 4) is 5.75 Å².